The van der Waals surface area contributed by atoms with Crippen molar-refractivity contribution in [3.63, 3.8) is 0 Å². The summed E-state index contributed by atoms with van der Waals surface area (Å²) in [5, 5.41) is 0. The van der Waals surface area contributed by atoms with Crippen molar-refractivity contribution in [2.75, 3.05) is 12.8 Å². The van der Waals surface area contributed by atoms with Gasteiger partial charge in [0.1, 0.15) is 5.75 Å². The van der Waals surface area contributed by atoms with Crippen LogP contribution in [0.2, 0.25) is 0 Å². The molecule has 22 heavy (non-hydrogen) atoms. The van der Waals surface area contributed by atoms with E-state index < -0.39 is 0 Å². The lowest BCUT2D eigenvalue weighted by Gasteiger charge is -2.06. The van der Waals surface area contributed by atoms with Gasteiger partial charge in [0, 0.05) is 11.8 Å². The number of imidazole rings is 1. The van der Waals surface area contributed by atoms with Crippen LogP contribution in [0.25, 0.3) is 27.9 Å². The minimum absolute atomic E-state index is 0.413. The number of hydrogen-bond acceptors (Lipinski definition) is 4. The maximum Gasteiger partial charge on any atom is 0.180 e. The maximum absolute atomic E-state index is 6.10. The molecular weight excluding hydrogens is 276 g/mol. The minimum Gasteiger partial charge on any atom is -0.497 e. The Bertz CT molecular complexity index is 990. The first-order valence-electron chi connectivity index (χ1n) is 6.94. The largest absolute Gasteiger partial charge is 0.497 e. The zero-order valence-corrected chi connectivity index (χ0v) is 12.0. The van der Waals surface area contributed by atoms with Crippen LogP contribution in [0.4, 0.5) is 5.82 Å². The molecule has 2 aromatic heterocycles. The zero-order valence-electron chi connectivity index (χ0n) is 12.0. The normalized spacial score (nSPS) is 11.1. The summed E-state index contributed by atoms with van der Waals surface area (Å²) in [6.45, 7) is 0. The Kier molecular flexibility index (Phi) is 2.72. The van der Waals surface area contributed by atoms with Crippen LogP contribution in [0.15, 0.2) is 54.7 Å². The number of para-hydroxylation sites is 2. The van der Waals surface area contributed by atoms with E-state index in [1.807, 2.05) is 59.1 Å². The highest BCUT2D eigenvalue weighted by molar-refractivity contribution is 5.84. The molecule has 0 radical (unpaired) electrons. The van der Waals surface area contributed by atoms with E-state index in [4.69, 9.17) is 10.5 Å². The second-order valence-electron chi connectivity index (χ2n) is 5.04. The Morgan fingerprint density at radius 1 is 1.05 bits per heavy atom. The second kappa shape index (κ2) is 4.73. The molecule has 2 N–H and O–H groups in total. The number of hydrogen-bond donors (Lipinski definition) is 1. The first-order chi connectivity index (χ1) is 10.8. The smallest absolute Gasteiger partial charge is 0.180 e. The van der Waals surface area contributed by atoms with Crippen LogP contribution in [-0.2, 0) is 0 Å². The lowest BCUT2D eigenvalue weighted by molar-refractivity contribution is 0.415. The predicted molar refractivity (Wildman–Crippen MR) is 86.9 cm³/mol. The van der Waals surface area contributed by atoms with Gasteiger partial charge in [0.2, 0.25) is 0 Å². The molecule has 5 heteroatoms. The Labute approximate surface area is 127 Å². The number of ether oxygens (including phenoxy) is 1. The standard InChI is InChI=1S/C17H14N4O/c1-22-12-6-4-5-11(9-12)14-10-21-15-8-3-2-7-13(15)20-17(21)16(18)19-14/h2-10H,1H3,(H2,18,19). The van der Waals surface area contributed by atoms with E-state index in [-0.39, 0.29) is 0 Å². The molecular formula is C17H14N4O. The quantitative estimate of drug-likeness (QED) is 0.616. The summed E-state index contributed by atoms with van der Waals surface area (Å²) >= 11 is 0. The summed E-state index contributed by atoms with van der Waals surface area (Å²) in [6, 6.07) is 15.7. The fraction of sp³-hybridized carbons (Fsp3) is 0.0588. The maximum atomic E-state index is 6.10. The highest BCUT2D eigenvalue weighted by atomic mass is 16.5. The van der Waals surface area contributed by atoms with Crippen molar-refractivity contribution in [3.05, 3.63) is 54.7 Å². The van der Waals surface area contributed by atoms with Crippen molar-refractivity contribution in [2.24, 2.45) is 0 Å². The van der Waals surface area contributed by atoms with Gasteiger partial charge in [-0.2, -0.15) is 0 Å². The number of benzene rings is 2. The Morgan fingerprint density at radius 2 is 1.91 bits per heavy atom. The van der Waals surface area contributed by atoms with Crippen LogP contribution in [0.5, 0.6) is 5.75 Å². The summed E-state index contributed by atoms with van der Waals surface area (Å²) < 4.78 is 7.25. The monoisotopic (exact) mass is 290 g/mol. The minimum atomic E-state index is 0.413. The molecule has 0 spiro atoms. The van der Waals surface area contributed by atoms with Crippen LogP contribution in [0.1, 0.15) is 0 Å². The zero-order chi connectivity index (χ0) is 15.1. The van der Waals surface area contributed by atoms with Crippen LogP contribution < -0.4 is 10.5 Å². The molecule has 2 aromatic carbocycles. The third kappa shape index (κ3) is 1.87. The van der Waals surface area contributed by atoms with Gasteiger partial charge in [0.25, 0.3) is 0 Å². The van der Waals surface area contributed by atoms with E-state index in [0.29, 0.717) is 11.5 Å². The van der Waals surface area contributed by atoms with Gasteiger partial charge >= 0.3 is 0 Å². The fourth-order valence-electron chi connectivity index (χ4n) is 2.61. The molecule has 2 heterocycles. The van der Waals surface area contributed by atoms with Gasteiger partial charge in [-0.3, -0.25) is 4.40 Å². The summed E-state index contributed by atoms with van der Waals surface area (Å²) in [5.41, 5.74) is 10.4. The van der Waals surface area contributed by atoms with Crippen LogP contribution in [-0.4, -0.2) is 21.5 Å². The van der Waals surface area contributed by atoms with E-state index in [1.165, 1.54) is 0 Å². The molecule has 0 unspecified atom stereocenters. The molecule has 0 aliphatic heterocycles. The molecule has 0 fully saturated rings. The molecule has 0 atom stereocenters. The van der Waals surface area contributed by atoms with Gasteiger partial charge in [-0.1, -0.05) is 24.3 Å². The van der Waals surface area contributed by atoms with Crippen molar-refractivity contribution in [3.8, 4) is 17.0 Å². The third-order valence-electron chi connectivity index (χ3n) is 3.68. The number of nitrogens with zero attached hydrogens (tertiary/aromatic N) is 3. The van der Waals surface area contributed by atoms with Crippen molar-refractivity contribution in [1.82, 2.24) is 14.4 Å². The molecule has 4 rings (SSSR count). The molecule has 0 aliphatic rings. The second-order valence-corrected chi connectivity index (χ2v) is 5.04. The fourth-order valence-corrected chi connectivity index (χ4v) is 2.61. The van der Waals surface area contributed by atoms with Gasteiger partial charge in [-0.05, 0) is 24.3 Å². The Morgan fingerprint density at radius 3 is 2.77 bits per heavy atom. The van der Waals surface area contributed by atoms with Crippen molar-refractivity contribution in [2.45, 2.75) is 0 Å². The summed E-state index contributed by atoms with van der Waals surface area (Å²) in [5.74, 6) is 1.20. The van der Waals surface area contributed by atoms with E-state index in [0.717, 1.165) is 28.0 Å². The number of anilines is 1. The summed E-state index contributed by atoms with van der Waals surface area (Å²) in [6.07, 6.45) is 1.95. The number of nitrogen functional groups attached to an aromatic ring is 1. The summed E-state index contributed by atoms with van der Waals surface area (Å²) in [4.78, 5) is 9.02. The number of rotatable bonds is 2. The van der Waals surface area contributed by atoms with Crippen molar-refractivity contribution in [1.29, 1.82) is 0 Å². The summed E-state index contributed by atoms with van der Waals surface area (Å²) in [7, 11) is 1.65. The van der Waals surface area contributed by atoms with E-state index >= 15 is 0 Å². The van der Waals surface area contributed by atoms with Gasteiger partial charge in [-0.15, -0.1) is 0 Å². The van der Waals surface area contributed by atoms with Gasteiger partial charge in [0.15, 0.2) is 11.5 Å². The number of fused-ring (bicyclic) bond motifs is 3. The molecule has 5 nitrogen and oxygen atoms in total. The van der Waals surface area contributed by atoms with Gasteiger partial charge < -0.3 is 10.5 Å². The van der Waals surface area contributed by atoms with Gasteiger partial charge in [0.05, 0.1) is 23.8 Å². The average Bonchev–Trinajstić information content (AvgIpc) is 2.94. The number of aromatic nitrogens is 3. The number of methoxy groups -OCH3 is 1. The van der Waals surface area contributed by atoms with Crippen LogP contribution in [0, 0.1) is 0 Å². The van der Waals surface area contributed by atoms with E-state index in [9.17, 15) is 0 Å². The van der Waals surface area contributed by atoms with Gasteiger partial charge in [-0.25, -0.2) is 9.97 Å². The van der Waals surface area contributed by atoms with E-state index in [1.54, 1.807) is 7.11 Å². The highest BCUT2D eigenvalue weighted by Crippen LogP contribution is 2.26. The molecule has 0 amide bonds. The molecule has 0 bridgehead atoms. The lowest BCUT2D eigenvalue weighted by Crippen LogP contribution is -1.99. The topological polar surface area (TPSA) is 65.4 Å². The molecule has 0 saturated heterocycles. The van der Waals surface area contributed by atoms with Crippen molar-refractivity contribution >= 4 is 22.5 Å². The Hall–Kier alpha value is -3.08. The SMILES string of the molecule is COc1cccc(-c2cn3c(nc4ccccc43)c(N)n2)c1. The molecule has 0 aliphatic carbocycles. The number of nitrogens with two attached hydrogens (primary N) is 1. The average molecular weight is 290 g/mol. The molecule has 108 valence electrons. The predicted octanol–water partition coefficient (Wildman–Crippen LogP) is 3.14. The first-order valence-corrected chi connectivity index (χ1v) is 6.94. The van der Waals surface area contributed by atoms with Crippen LogP contribution >= 0.6 is 0 Å². The lowest BCUT2D eigenvalue weighted by atomic mass is 10.1. The van der Waals surface area contributed by atoms with E-state index in [2.05, 4.69) is 9.97 Å². The van der Waals surface area contributed by atoms with Crippen molar-refractivity contribution < 1.29 is 4.74 Å². The molecule has 4 aromatic rings. The first kappa shape index (κ1) is 12.6. The third-order valence-corrected chi connectivity index (χ3v) is 3.68. The highest BCUT2D eigenvalue weighted by Gasteiger charge is 2.11. The Balaban J connectivity index is 2.00. The molecule has 0 saturated carbocycles. The van der Waals surface area contributed by atoms with Crippen LogP contribution in [0.3, 0.4) is 0 Å².